The summed E-state index contributed by atoms with van der Waals surface area (Å²) >= 11 is 0. The van der Waals surface area contributed by atoms with Crippen LogP contribution >= 0.6 is 0 Å². The zero-order valence-electron chi connectivity index (χ0n) is 12.2. The molecule has 18 heavy (non-hydrogen) atoms. The number of hydrogen-bond donors (Lipinski definition) is 1. The maximum Gasteiger partial charge on any atom is 0.119 e. The van der Waals surface area contributed by atoms with E-state index in [4.69, 9.17) is 14.2 Å². The molecule has 4 heteroatoms. The van der Waals surface area contributed by atoms with Gasteiger partial charge in [0.05, 0.1) is 13.2 Å². The van der Waals surface area contributed by atoms with Crippen molar-refractivity contribution < 1.29 is 14.2 Å². The SMILES string of the molecule is CCCCC(COCC)(OCC)C1CNCCO1. The molecule has 0 saturated carbocycles. The molecule has 0 amide bonds. The second kappa shape index (κ2) is 8.86. The van der Waals surface area contributed by atoms with Crippen molar-refractivity contribution in [2.45, 2.75) is 51.7 Å². The molecule has 0 aromatic heterocycles. The van der Waals surface area contributed by atoms with Gasteiger partial charge in [-0.15, -0.1) is 0 Å². The molecule has 1 N–H and O–H groups in total. The Morgan fingerprint density at radius 3 is 2.67 bits per heavy atom. The second-order valence-corrected chi connectivity index (χ2v) is 4.80. The first-order valence-corrected chi connectivity index (χ1v) is 7.33. The molecule has 0 spiro atoms. The van der Waals surface area contributed by atoms with Gasteiger partial charge in [-0.25, -0.2) is 0 Å². The van der Waals surface area contributed by atoms with Crippen LogP contribution in [0.25, 0.3) is 0 Å². The van der Waals surface area contributed by atoms with Gasteiger partial charge in [0, 0.05) is 26.3 Å². The number of rotatable bonds is 9. The number of unbranched alkanes of at least 4 members (excludes halogenated alkanes) is 1. The molecule has 0 aromatic carbocycles. The maximum absolute atomic E-state index is 6.08. The Morgan fingerprint density at radius 1 is 1.28 bits per heavy atom. The van der Waals surface area contributed by atoms with Crippen molar-refractivity contribution >= 4 is 0 Å². The van der Waals surface area contributed by atoms with E-state index >= 15 is 0 Å². The van der Waals surface area contributed by atoms with Gasteiger partial charge in [-0.2, -0.15) is 0 Å². The van der Waals surface area contributed by atoms with Gasteiger partial charge in [-0.05, 0) is 20.3 Å². The van der Waals surface area contributed by atoms with Gasteiger partial charge in [0.1, 0.15) is 11.7 Å². The second-order valence-electron chi connectivity index (χ2n) is 4.80. The zero-order valence-corrected chi connectivity index (χ0v) is 12.2. The fraction of sp³-hybridized carbons (Fsp3) is 1.00. The summed E-state index contributed by atoms with van der Waals surface area (Å²) in [5.41, 5.74) is -0.284. The molecule has 1 aliphatic rings. The molecular formula is C14H29NO3. The Labute approximate surface area is 111 Å². The van der Waals surface area contributed by atoms with Crippen LogP contribution in [0.4, 0.5) is 0 Å². The number of nitrogens with one attached hydrogen (secondary N) is 1. The summed E-state index contributed by atoms with van der Waals surface area (Å²) in [6, 6.07) is 0. The van der Waals surface area contributed by atoms with Crippen LogP contribution in [-0.2, 0) is 14.2 Å². The molecule has 1 rings (SSSR count). The smallest absolute Gasteiger partial charge is 0.119 e. The molecule has 1 heterocycles. The third kappa shape index (κ3) is 4.50. The first kappa shape index (κ1) is 15.9. The van der Waals surface area contributed by atoms with Gasteiger partial charge >= 0.3 is 0 Å². The van der Waals surface area contributed by atoms with E-state index < -0.39 is 0 Å². The summed E-state index contributed by atoms with van der Waals surface area (Å²) in [5, 5.41) is 3.39. The minimum Gasteiger partial charge on any atom is -0.379 e. The molecule has 0 radical (unpaired) electrons. The lowest BCUT2D eigenvalue weighted by molar-refractivity contribution is -0.182. The first-order valence-electron chi connectivity index (χ1n) is 7.33. The fourth-order valence-electron chi connectivity index (χ4n) is 2.47. The molecule has 0 aliphatic carbocycles. The van der Waals surface area contributed by atoms with Crippen molar-refractivity contribution in [3.8, 4) is 0 Å². The highest BCUT2D eigenvalue weighted by atomic mass is 16.6. The first-order chi connectivity index (χ1) is 8.79. The van der Waals surface area contributed by atoms with E-state index in [9.17, 15) is 0 Å². The molecule has 1 fully saturated rings. The van der Waals surface area contributed by atoms with E-state index in [1.807, 2.05) is 13.8 Å². The van der Waals surface area contributed by atoms with Gasteiger partial charge in [0.2, 0.25) is 0 Å². The molecule has 2 atom stereocenters. The van der Waals surface area contributed by atoms with Crippen LogP contribution in [0.3, 0.4) is 0 Å². The standard InChI is InChI=1S/C14H29NO3/c1-4-7-8-14(18-6-3,12-16-5-2)13-11-15-9-10-17-13/h13,15H,4-12H2,1-3H3. The van der Waals surface area contributed by atoms with Crippen LogP contribution in [0.15, 0.2) is 0 Å². The van der Waals surface area contributed by atoms with E-state index in [0.29, 0.717) is 13.2 Å². The Kier molecular flexibility index (Phi) is 7.82. The van der Waals surface area contributed by atoms with Gasteiger partial charge in [0.15, 0.2) is 0 Å². The van der Waals surface area contributed by atoms with Crippen LogP contribution in [0.2, 0.25) is 0 Å². The lowest BCUT2D eigenvalue weighted by Crippen LogP contribution is -2.57. The fourth-order valence-corrected chi connectivity index (χ4v) is 2.47. The quantitative estimate of drug-likeness (QED) is 0.687. The van der Waals surface area contributed by atoms with Crippen molar-refractivity contribution in [1.29, 1.82) is 0 Å². The predicted molar refractivity (Wildman–Crippen MR) is 73.0 cm³/mol. The molecule has 0 aromatic rings. The number of ether oxygens (including phenoxy) is 3. The van der Waals surface area contributed by atoms with Crippen LogP contribution in [0.5, 0.6) is 0 Å². The molecule has 108 valence electrons. The molecule has 2 unspecified atom stereocenters. The number of hydrogen-bond acceptors (Lipinski definition) is 4. The van der Waals surface area contributed by atoms with E-state index in [2.05, 4.69) is 12.2 Å². The van der Waals surface area contributed by atoms with Gasteiger partial charge in [0.25, 0.3) is 0 Å². The summed E-state index contributed by atoms with van der Waals surface area (Å²) in [7, 11) is 0. The van der Waals surface area contributed by atoms with E-state index in [0.717, 1.165) is 39.1 Å². The van der Waals surface area contributed by atoms with E-state index in [1.165, 1.54) is 6.42 Å². The van der Waals surface area contributed by atoms with Gasteiger partial charge < -0.3 is 19.5 Å². The Balaban J connectivity index is 2.71. The monoisotopic (exact) mass is 259 g/mol. The highest BCUT2D eigenvalue weighted by molar-refractivity contribution is 4.92. The predicted octanol–water partition coefficient (Wildman–Crippen LogP) is 1.98. The van der Waals surface area contributed by atoms with Crippen LogP contribution < -0.4 is 5.32 Å². The zero-order chi connectivity index (χ0) is 13.3. The normalized spacial score (nSPS) is 23.8. The van der Waals surface area contributed by atoms with Crippen molar-refractivity contribution in [2.75, 3.05) is 39.5 Å². The maximum atomic E-state index is 6.08. The summed E-state index contributed by atoms with van der Waals surface area (Å²) in [4.78, 5) is 0. The van der Waals surface area contributed by atoms with Crippen LogP contribution in [-0.4, -0.2) is 51.2 Å². The summed E-state index contributed by atoms with van der Waals surface area (Å²) in [5.74, 6) is 0. The summed E-state index contributed by atoms with van der Waals surface area (Å²) < 4.78 is 17.7. The van der Waals surface area contributed by atoms with Crippen molar-refractivity contribution in [3.05, 3.63) is 0 Å². The third-order valence-corrected chi connectivity index (χ3v) is 3.45. The van der Waals surface area contributed by atoms with Crippen molar-refractivity contribution in [1.82, 2.24) is 5.32 Å². The lowest BCUT2D eigenvalue weighted by atomic mass is 9.90. The average Bonchev–Trinajstić information content (AvgIpc) is 2.43. The van der Waals surface area contributed by atoms with E-state index in [-0.39, 0.29) is 11.7 Å². The lowest BCUT2D eigenvalue weighted by Gasteiger charge is -2.42. The highest BCUT2D eigenvalue weighted by Crippen LogP contribution is 2.27. The van der Waals surface area contributed by atoms with Crippen molar-refractivity contribution in [2.24, 2.45) is 0 Å². The molecule has 4 nitrogen and oxygen atoms in total. The highest BCUT2D eigenvalue weighted by Gasteiger charge is 2.41. The minimum absolute atomic E-state index is 0.101. The summed E-state index contributed by atoms with van der Waals surface area (Å²) in [6.07, 6.45) is 3.42. The average molecular weight is 259 g/mol. The third-order valence-electron chi connectivity index (χ3n) is 3.45. The van der Waals surface area contributed by atoms with Crippen molar-refractivity contribution in [3.63, 3.8) is 0 Å². The molecule has 1 aliphatic heterocycles. The molecular weight excluding hydrogens is 230 g/mol. The summed E-state index contributed by atoms with van der Waals surface area (Å²) in [6.45, 7) is 10.9. The number of morpholine rings is 1. The van der Waals surface area contributed by atoms with Gasteiger partial charge in [-0.3, -0.25) is 0 Å². The van der Waals surface area contributed by atoms with Crippen LogP contribution in [0, 0.1) is 0 Å². The largest absolute Gasteiger partial charge is 0.379 e. The topological polar surface area (TPSA) is 39.7 Å². The van der Waals surface area contributed by atoms with E-state index in [1.54, 1.807) is 0 Å². The Bertz CT molecular complexity index is 197. The minimum atomic E-state index is -0.284. The Hall–Kier alpha value is -0.160. The van der Waals surface area contributed by atoms with Crippen LogP contribution in [0.1, 0.15) is 40.0 Å². The Morgan fingerprint density at radius 2 is 2.11 bits per heavy atom. The molecule has 1 saturated heterocycles. The van der Waals surface area contributed by atoms with Gasteiger partial charge in [-0.1, -0.05) is 19.8 Å². The molecule has 0 bridgehead atoms.